The molecule has 0 aliphatic carbocycles. The van der Waals surface area contributed by atoms with Crippen molar-refractivity contribution in [2.45, 2.75) is 6.04 Å². The quantitative estimate of drug-likeness (QED) is 0.347. The number of nitro groups is 1. The largest absolute Gasteiger partial charge is 0.505 e. The number of hydrogen-bond acceptors (Lipinski definition) is 7. The van der Waals surface area contributed by atoms with Crippen LogP contribution < -0.4 is 5.32 Å². The van der Waals surface area contributed by atoms with Crippen molar-refractivity contribution in [3.05, 3.63) is 94.3 Å². The fourth-order valence-corrected chi connectivity index (χ4v) is 3.15. The summed E-state index contributed by atoms with van der Waals surface area (Å²) in [5, 5.41) is 35.9. The second-order valence-corrected chi connectivity index (χ2v) is 6.38. The third-order valence-corrected chi connectivity index (χ3v) is 4.59. The molecule has 0 spiro atoms. The van der Waals surface area contributed by atoms with E-state index in [4.69, 9.17) is 0 Å². The van der Waals surface area contributed by atoms with Crippen LogP contribution in [0.25, 0.3) is 10.9 Å². The molecule has 144 valence electrons. The average Bonchev–Trinajstić information content (AvgIpc) is 2.74. The third kappa shape index (κ3) is 3.51. The smallest absolute Gasteiger partial charge is 0.269 e. The molecule has 2 heterocycles. The van der Waals surface area contributed by atoms with Gasteiger partial charge in [0.15, 0.2) is 11.6 Å². The van der Waals surface area contributed by atoms with E-state index in [0.717, 1.165) is 5.39 Å². The van der Waals surface area contributed by atoms with Gasteiger partial charge in [0.25, 0.3) is 5.69 Å². The number of hydrogen-bond donors (Lipinski definition) is 3. The summed E-state index contributed by atoms with van der Waals surface area (Å²) in [5.74, 6) is 0.142. The highest BCUT2D eigenvalue weighted by Gasteiger charge is 2.22. The lowest BCUT2D eigenvalue weighted by Crippen LogP contribution is -2.14. The summed E-state index contributed by atoms with van der Waals surface area (Å²) in [7, 11) is 0. The van der Waals surface area contributed by atoms with Gasteiger partial charge in [-0.05, 0) is 35.9 Å². The topological polar surface area (TPSA) is 121 Å². The summed E-state index contributed by atoms with van der Waals surface area (Å²) in [6.07, 6.45) is 3.11. The Hall–Kier alpha value is -4.20. The predicted molar refractivity (Wildman–Crippen MR) is 108 cm³/mol. The molecule has 8 nitrogen and oxygen atoms in total. The Bertz CT molecular complexity index is 1190. The molecule has 0 fully saturated rings. The zero-order valence-electron chi connectivity index (χ0n) is 15.1. The van der Waals surface area contributed by atoms with Crippen LogP contribution in [0.5, 0.6) is 11.5 Å². The van der Waals surface area contributed by atoms with Gasteiger partial charge in [-0.1, -0.05) is 18.2 Å². The zero-order valence-corrected chi connectivity index (χ0v) is 15.1. The van der Waals surface area contributed by atoms with Gasteiger partial charge in [-0.15, -0.1) is 0 Å². The third-order valence-electron chi connectivity index (χ3n) is 4.59. The van der Waals surface area contributed by atoms with Gasteiger partial charge < -0.3 is 15.5 Å². The Morgan fingerprint density at radius 3 is 2.38 bits per heavy atom. The van der Waals surface area contributed by atoms with Crippen molar-refractivity contribution in [3.8, 4) is 11.5 Å². The minimum atomic E-state index is -0.636. The fraction of sp³-hybridized carbons (Fsp3) is 0.0476. The number of anilines is 1. The van der Waals surface area contributed by atoms with Gasteiger partial charge >= 0.3 is 0 Å². The summed E-state index contributed by atoms with van der Waals surface area (Å²) in [4.78, 5) is 18.9. The maximum Gasteiger partial charge on any atom is 0.269 e. The molecular weight excluding hydrogens is 372 g/mol. The SMILES string of the molecule is O=[N+]([O-])c1ccc([C@H](Nc2ncccc2O)c2ccc3cccnc3c2O)cc1. The number of non-ortho nitro benzene ring substituents is 1. The first kappa shape index (κ1) is 18.2. The number of phenols is 1. The Morgan fingerprint density at radius 1 is 0.931 bits per heavy atom. The molecule has 2 aromatic heterocycles. The molecule has 0 radical (unpaired) electrons. The zero-order chi connectivity index (χ0) is 20.4. The van der Waals surface area contributed by atoms with Gasteiger partial charge in [0.1, 0.15) is 11.3 Å². The molecule has 29 heavy (non-hydrogen) atoms. The van der Waals surface area contributed by atoms with Crippen LogP contribution in [0.2, 0.25) is 0 Å². The van der Waals surface area contributed by atoms with Crippen molar-refractivity contribution >= 4 is 22.4 Å². The minimum absolute atomic E-state index is 0.0191. The second-order valence-electron chi connectivity index (χ2n) is 6.38. The van der Waals surface area contributed by atoms with Crippen molar-refractivity contribution in [1.82, 2.24) is 9.97 Å². The van der Waals surface area contributed by atoms with Crippen molar-refractivity contribution < 1.29 is 15.1 Å². The van der Waals surface area contributed by atoms with Crippen LogP contribution in [0.15, 0.2) is 73.1 Å². The lowest BCUT2D eigenvalue weighted by atomic mass is 9.96. The van der Waals surface area contributed by atoms with E-state index >= 15 is 0 Å². The normalized spacial score (nSPS) is 11.9. The van der Waals surface area contributed by atoms with Crippen LogP contribution >= 0.6 is 0 Å². The van der Waals surface area contributed by atoms with Gasteiger partial charge in [-0.3, -0.25) is 15.1 Å². The van der Waals surface area contributed by atoms with Gasteiger partial charge in [0.2, 0.25) is 0 Å². The number of aromatic nitrogens is 2. The summed E-state index contributed by atoms with van der Waals surface area (Å²) in [6.45, 7) is 0. The maximum absolute atomic E-state index is 11.0. The van der Waals surface area contributed by atoms with Crippen LogP contribution in [-0.2, 0) is 0 Å². The van der Waals surface area contributed by atoms with Crippen LogP contribution in [0.4, 0.5) is 11.5 Å². The number of benzene rings is 2. The molecule has 8 heteroatoms. The molecule has 0 amide bonds. The van der Waals surface area contributed by atoms with Gasteiger partial charge in [-0.25, -0.2) is 4.98 Å². The summed E-state index contributed by atoms with van der Waals surface area (Å²) in [5.41, 5.74) is 1.53. The van der Waals surface area contributed by atoms with E-state index in [1.165, 1.54) is 24.4 Å². The standard InChI is InChI=1S/C21H16N4O4/c26-17-4-2-12-23-21(17)24-18(14-5-8-15(9-6-14)25(28)29)16-10-7-13-3-1-11-22-19(13)20(16)27/h1-12,18,26-27H,(H,23,24)/t18-/m0/s1. The monoisotopic (exact) mass is 388 g/mol. The molecule has 2 aromatic carbocycles. The molecule has 0 saturated heterocycles. The number of phenolic OH excluding ortho intramolecular Hbond substituents is 1. The van der Waals surface area contributed by atoms with Crippen molar-refractivity contribution in [1.29, 1.82) is 0 Å². The van der Waals surface area contributed by atoms with Gasteiger partial charge in [0, 0.05) is 35.5 Å². The number of nitro benzene ring substituents is 1. The van der Waals surface area contributed by atoms with Gasteiger partial charge in [0.05, 0.1) is 11.0 Å². The first-order valence-electron chi connectivity index (χ1n) is 8.76. The molecule has 0 aliphatic heterocycles. The summed E-state index contributed by atoms with van der Waals surface area (Å²) in [6, 6.07) is 15.6. The molecule has 0 bridgehead atoms. The highest BCUT2D eigenvalue weighted by molar-refractivity contribution is 5.86. The lowest BCUT2D eigenvalue weighted by molar-refractivity contribution is -0.384. The molecular formula is C21H16N4O4. The molecule has 4 rings (SSSR count). The van der Waals surface area contributed by atoms with E-state index in [-0.39, 0.29) is 23.0 Å². The second kappa shape index (κ2) is 7.43. The number of pyridine rings is 2. The van der Waals surface area contributed by atoms with E-state index < -0.39 is 11.0 Å². The van der Waals surface area contributed by atoms with Crippen LogP contribution in [-0.4, -0.2) is 25.1 Å². The lowest BCUT2D eigenvalue weighted by Gasteiger charge is -2.22. The van der Waals surface area contributed by atoms with E-state index in [0.29, 0.717) is 16.6 Å². The molecule has 4 aromatic rings. The number of rotatable bonds is 5. The van der Waals surface area contributed by atoms with E-state index in [9.17, 15) is 20.3 Å². The average molecular weight is 388 g/mol. The molecule has 3 N–H and O–H groups in total. The molecule has 0 aliphatic rings. The first-order chi connectivity index (χ1) is 14.0. The fourth-order valence-electron chi connectivity index (χ4n) is 3.15. The number of fused-ring (bicyclic) bond motifs is 1. The van der Waals surface area contributed by atoms with E-state index in [1.54, 1.807) is 36.5 Å². The Labute approximate surface area is 165 Å². The van der Waals surface area contributed by atoms with E-state index in [1.807, 2.05) is 12.1 Å². The molecule has 0 saturated carbocycles. The van der Waals surface area contributed by atoms with E-state index in [2.05, 4.69) is 15.3 Å². The van der Waals surface area contributed by atoms with Crippen LogP contribution in [0.1, 0.15) is 17.2 Å². The highest BCUT2D eigenvalue weighted by Crippen LogP contribution is 2.37. The summed E-state index contributed by atoms with van der Waals surface area (Å²) < 4.78 is 0. The molecule has 0 unspecified atom stereocenters. The minimum Gasteiger partial charge on any atom is -0.505 e. The summed E-state index contributed by atoms with van der Waals surface area (Å²) >= 11 is 0. The Morgan fingerprint density at radius 2 is 1.66 bits per heavy atom. The van der Waals surface area contributed by atoms with Crippen LogP contribution in [0, 0.1) is 10.1 Å². The Kier molecular flexibility index (Phi) is 4.66. The van der Waals surface area contributed by atoms with Crippen molar-refractivity contribution in [3.63, 3.8) is 0 Å². The maximum atomic E-state index is 11.0. The number of aromatic hydroxyl groups is 2. The van der Waals surface area contributed by atoms with Crippen LogP contribution in [0.3, 0.4) is 0 Å². The highest BCUT2D eigenvalue weighted by atomic mass is 16.6. The number of nitrogens with one attached hydrogen (secondary N) is 1. The van der Waals surface area contributed by atoms with Crippen molar-refractivity contribution in [2.75, 3.05) is 5.32 Å². The predicted octanol–water partition coefficient (Wildman–Crippen LogP) is 4.15. The number of nitrogens with zero attached hydrogens (tertiary/aromatic N) is 3. The first-order valence-corrected chi connectivity index (χ1v) is 8.76. The Balaban J connectivity index is 1.85. The molecule has 1 atom stereocenters. The van der Waals surface area contributed by atoms with Crippen molar-refractivity contribution in [2.24, 2.45) is 0 Å². The van der Waals surface area contributed by atoms with Gasteiger partial charge in [-0.2, -0.15) is 0 Å².